The van der Waals surface area contributed by atoms with E-state index < -0.39 is 16.0 Å². The number of aromatic hydroxyl groups is 1. The zero-order valence-electron chi connectivity index (χ0n) is 19.1. The molecule has 0 aliphatic carbocycles. The topological polar surface area (TPSA) is 99.7 Å². The molecular weight excluding hydrogens is 544 g/mol. The fourth-order valence-electron chi connectivity index (χ4n) is 4.22. The van der Waals surface area contributed by atoms with E-state index in [0.29, 0.717) is 21.7 Å². The largest absolute Gasteiger partial charge is 0.507 e. The van der Waals surface area contributed by atoms with Crippen molar-refractivity contribution in [3.8, 4) is 5.75 Å². The molecule has 0 aliphatic rings. The van der Waals surface area contributed by atoms with Gasteiger partial charge in [0.1, 0.15) is 5.75 Å². The summed E-state index contributed by atoms with van der Waals surface area (Å²) in [6.07, 6.45) is 0. The fraction of sp³-hybridized carbons (Fsp3) is 0.0741. The quantitative estimate of drug-likeness (QED) is 0.229. The molecule has 0 saturated heterocycles. The van der Waals surface area contributed by atoms with E-state index >= 15 is 0 Å². The summed E-state index contributed by atoms with van der Waals surface area (Å²) in [6, 6.07) is 23.3. The van der Waals surface area contributed by atoms with Crippen LogP contribution >= 0.6 is 15.9 Å². The van der Waals surface area contributed by atoms with Crippen LogP contribution in [0.4, 0.5) is 11.4 Å². The number of carbonyl (C=O) groups is 1. The average molecular weight is 565 g/mol. The summed E-state index contributed by atoms with van der Waals surface area (Å²) in [4.78, 5) is 16.2. The van der Waals surface area contributed by atoms with Crippen molar-refractivity contribution < 1.29 is 23.1 Å². The standard InChI is InChI=1S/C27H21BrN2O5S/c1-2-35-27(32)25-26(21-9-5-6-10-22(21)29-25)30(36(33,34)18-13-11-17(28)12-14-18)23-15-16-24(31)20-8-4-3-7-19(20)23/h3-16,29,31H,2H2,1H3. The number of carbonyl (C=O) groups excluding carboxylic acids is 1. The SMILES string of the molecule is CCOC(=O)c1[nH]c2ccccc2c1N(c1ccc(O)c2ccccc12)S(=O)(=O)c1ccc(Br)cc1. The van der Waals surface area contributed by atoms with E-state index in [4.69, 9.17) is 4.74 Å². The van der Waals surface area contributed by atoms with Crippen LogP contribution in [0.25, 0.3) is 21.7 Å². The maximum atomic E-state index is 14.3. The van der Waals surface area contributed by atoms with E-state index in [9.17, 15) is 18.3 Å². The highest BCUT2D eigenvalue weighted by Gasteiger charge is 2.34. The van der Waals surface area contributed by atoms with Gasteiger partial charge in [-0.05, 0) is 49.4 Å². The predicted molar refractivity (Wildman–Crippen MR) is 143 cm³/mol. The van der Waals surface area contributed by atoms with Crippen LogP contribution in [-0.2, 0) is 14.8 Å². The molecule has 9 heteroatoms. The molecule has 0 aliphatic heterocycles. The number of nitrogens with one attached hydrogen (secondary N) is 1. The lowest BCUT2D eigenvalue weighted by molar-refractivity contribution is 0.0521. The number of esters is 1. The number of nitrogens with zero attached hydrogens (tertiary/aromatic N) is 1. The fourth-order valence-corrected chi connectivity index (χ4v) is 6.02. The number of fused-ring (bicyclic) bond motifs is 2. The zero-order chi connectivity index (χ0) is 25.4. The van der Waals surface area contributed by atoms with Crippen LogP contribution in [0.15, 0.2) is 94.3 Å². The molecule has 5 rings (SSSR count). The van der Waals surface area contributed by atoms with Crippen molar-refractivity contribution in [2.75, 3.05) is 10.9 Å². The van der Waals surface area contributed by atoms with Gasteiger partial charge in [0.25, 0.3) is 10.0 Å². The second kappa shape index (κ2) is 9.33. The molecule has 2 N–H and O–H groups in total. The van der Waals surface area contributed by atoms with Crippen molar-refractivity contribution in [3.63, 3.8) is 0 Å². The van der Waals surface area contributed by atoms with E-state index in [-0.39, 0.29) is 34.3 Å². The zero-order valence-corrected chi connectivity index (χ0v) is 21.5. The number of halogens is 1. The van der Waals surface area contributed by atoms with Crippen molar-refractivity contribution in [1.82, 2.24) is 4.98 Å². The molecule has 0 amide bonds. The number of hydrogen-bond donors (Lipinski definition) is 2. The highest BCUT2D eigenvalue weighted by Crippen LogP contribution is 2.44. The minimum absolute atomic E-state index is 0.0101. The number of ether oxygens (including phenoxy) is 1. The molecule has 182 valence electrons. The number of para-hydroxylation sites is 1. The lowest BCUT2D eigenvalue weighted by atomic mass is 10.1. The monoisotopic (exact) mass is 564 g/mol. The van der Waals surface area contributed by atoms with Gasteiger partial charge in [-0.15, -0.1) is 0 Å². The molecule has 1 heterocycles. The summed E-state index contributed by atoms with van der Waals surface area (Å²) in [5, 5.41) is 12.0. The minimum atomic E-state index is -4.26. The van der Waals surface area contributed by atoms with Crippen LogP contribution in [0.3, 0.4) is 0 Å². The van der Waals surface area contributed by atoms with E-state index in [2.05, 4.69) is 20.9 Å². The number of phenolic OH excluding ortho intramolecular Hbond substituents is 1. The normalized spacial score (nSPS) is 11.6. The minimum Gasteiger partial charge on any atom is -0.507 e. The van der Waals surface area contributed by atoms with Crippen molar-refractivity contribution in [3.05, 3.63) is 95.1 Å². The number of H-pyrrole nitrogens is 1. The maximum absolute atomic E-state index is 14.3. The first kappa shape index (κ1) is 23.9. The predicted octanol–water partition coefficient (Wildman–Crippen LogP) is 6.49. The van der Waals surface area contributed by atoms with Gasteiger partial charge in [-0.3, -0.25) is 0 Å². The second-order valence-electron chi connectivity index (χ2n) is 7.99. The maximum Gasteiger partial charge on any atom is 0.356 e. The summed E-state index contributed by atoms with van der Waals surface area (Å²) in [6.45, 7) is 1.80. The van der Waals surface area contributed by atoms with Crippen LogP contribution in [-0.4, -0.2) is 31.1 Å². The Kier molecular flexibility index (Phi) is 6.19. The molecule has 1 aromatic heterocycles. The number of phenols is 1. The van der Waals surface area contributed by atoms with Gasteiger partial charge in [-0.2, -0.15) is 0 Å². The van der Waals surface area contributed by atoms with Crippen molar-refractivity contribution >= 4 is 65.0 Å². The first-order valence-corrected chi connectivity index (χ1v) is 13.4. The van der Waals surface area contributed by atoms with Crippen molar-refractivity contribution in [1.29, 1.82) is 0 Å². The Hall–Kier alpha value is -3.82. The van der Waals surface area contributed by atoms with Gasteiger partial charge >= 0.3 is 5.97 Å². The number of sulfonamides is 1. The van der Waals surface area contributed by atoms with Crippen LogP contribution < -0.4 is 4.31 Å². The van der Waals surface area contributed by atoms with E-state index in [1.807, 2.05) is 0 Å². The first-order valence-electron chi connectivity index (χ1n) is 11.1. The molecular formula is C27H21BrN2O5S. The molecule has 36 heavy (non-hydrogen) atoms. The van der Waals surface area contributed by atoms with Gasteiger partial charge in [0.15, 0.2) is 5.69 Å². The summed E-state index contributed by atoms with van der Waals surface area (Å²) in [7, 11) is -4.26. The molecule has 0 saturated carbocycles. The van der Waals surface area contributed by atoms with E-state index in [1.54, 1.807) is 67.6 Å². The molecule has 0 bridgehead atoms. The Balaban J connectivity index is 1.91. The highest BCUT2D eigenvalue weighted by molar-refractivity contribution is 9.10. The van der Waals surface area contributed by atoms with Gasteiger partial charge in [0, 0.05) is 26.1 Å². The van der Waals surface area contributed by atoms with Crippen molar-refractivity contribution in [2.45, 2.75) is 11.8 Å². The molecule has 7 nitrogen and oxygen atoms in total. The number of anilines is 2. The Bertz CT molecular complexity index is 1710. The molecule has 0 unspecified atom stereocenters. The van der Waals surface area contributed by atoms with Gasteiger partial charge in [0.2, 0.25) is 0 Å². The third-order valence-corrected chi connectivity index (χ3v) is 8.07. The Morgan fingerprint density at radius 3 is 2.25 bits per heavy atom. The smallest absolute Gasteiger partial charge is 0.356 e. The second-order valence-corrected chi connectivity index (χ2v) is 10.7. The molecule has 0 radical (unpaired) electrons. The molecule has 0 atom stereocenters. The van der Waals surface area contributed by atoms with Gasteiger partial charge < -0.3 is 14.8 Å². The number of hydrogen-bond acceptors (Lipinski definition) is 5. The number of aromatic amines is 1. The van der Waals surface area contributed by atoms with Gasteiger partial charge in [0.05, 0.1) is 22.9 Å². The average Bonchev–Trinajstić information content (AvgIpc) is 3.25. The van der Waals surface area contributed by atoms with Gasteiger partial charge in [-0.1, -0.05) is 58.4 Å². The van der Waals surface area contributed by atoms with Crippen LogP contribution in [0, 0.1) is 0 Å². The number of aromatic nitrogens is 1. The Morgan fingerprint density at radius 2 is 1.56 bits per heavy atom. The summed E-state index contributed by atoms with van der Waals surface area (Å²) in [5.41, 5.74) is 1.01. The van der Waals surface area contributed by atoms with Gasteiger partial charge in [-0.25, -0.2) is 17.5 Å². The number of benzene rings is 4. The van der Waals surface area contributed by atoms with Crippen LogP contribution in [0.2, 0.25) is 0 Å². The molecule has 4 aromatic carbocycles. The Labute approximate surface area is 216 Å². The summed E-state index contributed by atoms with van der Waals surface area (Å²) >= 11 is 3.35. The molecule has 5 aromatic rings. The lowest BCUT2D eigenvalue weighted by Crippen LogP contribution is -2.28. The van der Waals surface area contributed by atoms with Crippen molar-refractivity contribution in [2.24, 2.45) is 0 Å². The lowest BCUT2D eigenvalue weighted by Gasteiger charge is -2.26. The molecule has 0 spiro atoms. The van der Waals surface area contributed by atoms with E-state index in [0.717, 1.165) is 8.78 Å². The molecule has 0 fully saturated rings. The summed E-state index contributed by atoms with van der Waals surface area (Å²) < 4.78 is 35.8. The Morgan fingerprint density at radius 1 is 0.917 bits per heavy atom. The third-order valence-electron chi connectivity index (χ3n) is 5.81. The number of rotatable bonds is 6. The van der Waals surface area contributed by atoms with Crippen LogP contribution in [0.5, 0.6) is 5.75 Å². The first-order chi connectivity index (χ1) is 17.3. The summed E-state index contributed by atoms with van der Waals surface area (Å²) in [5.74, 6) is -0.664. The highest BCUT2D eigenvalue weighted by atomic mass is 79.9. The van der Waals surface area contributed by atoms with E-state index in [1.165, 1.54) is 24.3 Å². The van der Waals surface area contributed by atoms with Crippen LogP contribution in [0.1, 0.15) is 17.4 Å². The third kappa shape index (κ3) is 4.00.